The van der Waals surface area contributed by atoms with Gasteiger partial charge in [-0.2, -0.15) is 0 Å². The van der Waals surface area contributed by atoms with Crippen LogP contribution in [0.2, 0.25) is 0 Å². The highest BCUT2D eigenvalue weighted by molar-refractivity contribution is 5.88. The summed E-state index contributed by atoms with van der Waals surface area (Å²) >= 11 is 0. The van der Waals surface area contributed by atoms with Crippen LogP contribution in [0.5, 0.6) is 0 Å². The third kappa shape index (κ3) is 2.71. The fourth-order valence-electron chi connectivity index (χ4n) is 2.78. The molecule has 2 aromatic heterocycles. The van der Waals surface area contributed by atoms with Gasteiger partial charge in [-0.3, -0.25) is 0 Å². The molecule has 1 aromatic carbocycles. The average molecular weight is 278 g/mol. The molecule has 1 unspecified atom stereocenters. The van der Waals surface area contributed by atoms with E-state index in [9.17, 15) is 0 Å². The number of aromatic amines is 1. The molecule has 2 nitrogen and oxygen atoms in total. The lowest BCUT2D eigenvalue weighted by Crippen LogP contribution is -1.98. The first-order chi connectivity index (χ1) is 10.2. The van der Waals surface area contributed by atoms with Crippen LogP contribution in [0.25, 0.3) is 22.3 Å². The minimum absolute atomic E-state index is 0.674. The number of pyridine rings is 1. The minimum Gasteiger partial charge on any atom is -0.339 e. The van der Waals surface area contributed by atoms with Gasteiger partial charge in [0.1, 0.15) is 5.65 Å². The quantitative estimate of drug-likeness (QED) is 0.704. The van der Waals surface area contributed by atoms with Gasteiger partial charge in [0.2, 0.25) is 0 Å². The standard InChI is InChI=1S/C19H22N2/c1-4-13(2)12-17-16-11-10-14(3)20-19(16)21-18(17)15-8-6-5-7-9-15/h5-11,13H,4,12H2,1-3H3,(H,20,21). The highest BCUT2D eigenvalue weighted by atomic mass is 14.9. The second-order valence-corrected chi connectivity index (χ2v) is 5.91. The maximum absolute atomic E-state index is 4.66. The average Bonchev–Trinajstić information content (AvgIpc) is 2.85. The minimum atomic E-state index is 0.674. The Bertz CT molecular complexity index is 741. The molecule has 0 spiro atoms. The zero-order valence-corrected chi connectivity index (χ0v) is 13.0. The van der Waals surface area contributed by atoms with E-state index in [0.29, 0.717) is 5.92 Å². The molecule has 2 heterocycles. The third-order valence-electron chi connectivity index (χ3n) is 4.22. The Morgan fingerprint density at radius 2 is 1.86 bits per heavy atom. The van der Waals surface area contributed by atoms with Gasteiger partial charge < -0.3 is 4.98 Å². The van der Waals surface area contributed by atoms with Crippen LogP contribution in [-0.4, -0.2) is 9.97 Å². The number of aryl methyl sites for hydroxylation is 1. The third-order valence-corrected chi connectivity index (χ3v) is 4.22. The zero-order chi connectivity index (χ0) is 14.8. The number of fused-ring (bicyclic) bond motifs is 1. The van der Waals surface area contributed by atoms with Gasteiger partial charge in [0, 0.05) is 11.1 Å². The van der Waals surface area contributed by atoms with Gasteiger partial charge in [-0.05, 0) is 42.5 Å². The summed E-state index contributed by atoms with van der Waals surface area (Å²) in [6.07, 6.45) is 2.28. The number of hydrogen-bond donors (Lipinski definition) is 1. The van der Waals surface area contributed by atoms with Crippen molar-refractivity contribution in [3.05, 3.63) is 53.7 Å². The summed E-state index contributed by atoms with van der Waals surface area (Å²) in [5.74, 6) is 0.674. The first kappa shape index (κ1) is 13.9. The molecule has 0 amide bonds. The number of hydrogen-bond acceptors (Lipinski definition) is 1. The monoisotopic (exact) mass is 278 g/mol. The van der Waals surface area contributed by atoms with Crippen molar-refractivity contribution in [1.29, 1.82) is 0 Å². The molecule has 0 fully saturated rings. The number of H-pyrrole nitrogens is 1. The van der Waals surface area contributed by atoms with Crippen molar-refractivity contribution >= 4 is 11.0 Å². The van der Waals surface area contributed by atoms with Gasteiger partial charge >= 0.3 is 0 Å². The van der Waals surface area contributed by atoms with Crippen molar-refractivity contribution in [3.63, 3.8) is 0 Å². The molecule has 0 bridgehead atoms. The first-order valence-corrected chi connectivity index (χ1v) is 7.72. The van der Waals surface area contributed by atoms with Crippen molar-refractivity contribution in [1.82, 2.24) is 9.97 Å². The Kier molecular flexibility index (Phi) is 3.78. The lowest BCUT2D eigenvalue weighted by atomic mass is 9.95. The van der Waals surface area contributed by atoms with E-state index < -0.39 is 0 Å². The second-order valence-electron chi connectivity index (χ2n) is 5.91. The van der Waals surface area contributed by atoms with E-state index in [4.69, 9.17) is 0 Å². The summed E-state index contributed by atoms with van der Waals surface area (Å²) in [6, 6.07) is 14.9. The molecule has 0 saturated heterocycles. The maximum Gasteiger partial charge on any atom is 0.138 e. The highest BCUT2D eigenvalue weighted by Crippen LogP contribution is 2.32. The van der Waals surface area contributed by atoms with Crippen molar-refractivity contribution in [2.45, 2.75) is 33.6 Å². The summed E-state index contributed by atoms with van der Waals surface area (Å²) in [5.41, 5.74) is 5.93. The Morgan fingerprint density at radius 3 is 2.57 bits per heavy atom. The van der Waals surface area contributed by atoms with Crippen LogP contribution in [0.4, 0.5) is 0 Å². The smallest absolute Gasteiger partial charge is 0.138 e. The topological polar surface area (TPSA) is 28.7 Å². The van der Waals surface area contributed by atoms with E-state index >= 15 is 0 Å². The highest BCUT2D eigenvalue weighted by Gasteiger charge is 2.15. The van der Waals surface area contributed by atoms with Crippen LogP contribution in [0.3, 0.4) is 0 Å². The van der Waals surface area contributed by atoms with Crippen LogP contribution >= 0.6 is 0 Å². The molecule has 108 valence electrons. The molecule has 0 saturated carbocycles. The van der Waals surface area contributed by atoms with Gasteiger partial charge in [-0.1, -0.05) is 50.6 Å². The van der Waals surface area contributed by atoms with Gasteiger partial charge in [-0.15, -0.1) is 0 Å². The largest absolute Gasteiger partial charge is 0.339 e. The zero-order valence-electron chi connectivity index (χ0n) is 13.0. The summed E-state index contributed by atoms with van der Waals surface area (Å²) in [4.78, 5) is 8.20. The number of nitrogens with one attached hydrogen (secondary N) is 1. The SMILES string of the molecule is CCC(C)Cc1c(-c2ccccc2)[nH]c2nc(C)ccc12. The van der Waals surface area contributed by atoms with Gasteiger partial charge in [-0.25, -0.2) is 4.98 Å². The summed E-state index contributed by atoms with van der Waals surface area (Å²) in [5, 5.41) is 1.26. The van der Waals surface area contributed by atoms with Crippen molar-refractivity contribution < 1.29 is 0 Å². The molecule has 21 heavy (non-hydrogen) atoms. The molecule has 2 heteroatoms. The number of aromatic nitrogens is 2. The molecule has 1 N–H and O–H groups in total. The maximum atomic E-state index is 4.66. The number of rotatable bonds is 4. The Hall–Kier alpha value is -2.09. The predicted octanol–water partition coefficient (Wildman–Crippen LogP) is 5.13. The Balaban J connectivity index is 2.19. The summed E-state index contributed by atoms with van der Waals surface area (Å²) < 4.78 is 0. The molecule has 3 rings (SSSR count). The summed E-state index contributed by atoms with van der Waals surface area (Å²) in [7, 11) is 0. The fraction of sp³-hybridized carbons (Fsp3) is 0.316. The molecular weight excluding hydrogens is 256 g/mol. The molecule has 0 aliphatic rings. The van der Waals surface area contributed by atoms with Crippen LogP contribution in [-0.2, 0) is 6.42 Å². The molecule has 0 aliphatic heterocycles. The lowest BCUT2D eigenvalue weighted by Gasteiger charge is -2.10. The molecule has 0 radical (unpaired) electrons. The van der Waals surface area contributed by atoms with Crippen molar-refractivity contribution in [3.8, 4) is 11.3 Å². The fourth-order valence-corrected chi connectivity index (χ4v) is 2.78. The first-order valence-electron chi connectivity index (χ1n) is 7.72. The molecular formula is C19H22N2. The van der Waals surface area contributed by atoms with Crippen LogP contribution in [0.1, 0.15) is 31.5 Å². The molecule has 3 aromatic rings. The summed E-state index contributed by atoms with van der Waals surface area (Å²) in [6.45, 7) is 6.61. The van der Waals surface area contributed by atoms with Gasteiger partial charge in [0.05, 0.1) is 5.69 Å². The van der Waals surface area contributed by atoms with Gasteiger partial charge in [0.25, 0.3) is 0 Å². The number of nitrogens with zero attached hydrogens (tertiary/aromatic N) is 1. The lowest BCUT2D eigenvalue weighted by molar-refractivity contribution is 0.563. The van der Waals surface area contributed by atoms with Crippen LogP contribution < -0.4 is 0 Å². The van der Waals surface area contributed by atoms with E-state index in [-0.39, 0.29) is 0 Å². The molecule has 1 atom stereocenters. The van der Waals surface area contributed by atoms with Crippen LogP contribution in [0, 0.1) is 12.8 Å². The van der Waals surface area contributed by atoms with E-state index in [1.54, 1.807) is 0 Å². The Morgan fingerprint density at radius 1 is 1.10 bits per heavy atom. The second kappa shape index (κ2) is 5.72. The van der Waals surface area contributed by atoms with Crippen molar-refractivity contribution in [2.24, 2.45) is 5.92 Å². The van der Waals surface area contributed by atoms with E-state index in [1.165, 1.54) is 28.6 Å². The van der Waals surface area contributed by atoms with E-state index in [0.717, 1.165) is 17.8 Å². The van der Waals surface area contributed by atoms with E-state index in [1.807, 2.05) is 6.92 Å². The predicted molar refractivity (Wildman–Crippen MR) is 89.4 cm³/mol. The number of benzene rings is 1. The molecule has 0 aliphatic carbocycles. The normalized spacial score (nSPS) is 12.7. The Labute approximate surface area is 126 Å². The van der Waals surface area contributed by atoms with E-state index in [2.05, 4.69) is 66.3 Å². The van der Waals surface area contributed by atoms with Crippen molar-refractivity contribution in [2.75, 3.05) is 0 Å². The van der Waals surface area contributed by atoms with Gasteiger partial charge in [0.15, 0.2) is 0 Å². The van der Waals surface area contributed by atoms with Crippen LogP contribution in [0.15, 0.2) is 42.5 Å².